The van der Waals surface area contributed by atoms with E-state index in [1.165, 1.54) is 5.56 Å². The SMILES string of the molecule is CCC(CC)C(=O)N1CCC(NC(=NC)NCCOc2ccccc2C(C)C)CC1. The van der Waals surface area contributed by atoms with E-state index in [-0.39, 0.29) is 5.92 Å². The fourth-order valence-electron chi connectivity index (χ4n) is 3.95. The first-order valence-electron chi connectivity index (χ1n) is 11.5. The van der Waals surface area contributed by atoms with Gasteiger partial charge in [-0.2, -0.15) is 0 Å². The van der Waals surface area contributed by atoms with E-state index in [2.05, 4.69) is 55.5 Å². The molecule has 0 aliphatic carbocycles. The van der Waals surface area contributed by atoms with Crippen LogP contribution in [0.5, 0.6) is 5.75 Å². The molecule has 6 heteroatoms. The monoisotopic (exact) mass is 416 g/mol. The number of benzene rings is 1. The van der Waals surface area contributed by atoms with Gasteiger partial charge in [0.05, 0.1) is 6.54 Å². The summed E-state index contributed by atoms with van der Waals surface area (Å²) in [5.41, 5.74) is 1.23. The van der Waals surface area contributed by atoms with Crippen LogP contribution in [-0.4, -0.2) is 56.1 Å². The Bertz CT molecular complexity index is 678. The van der Waals surface area contributed by atoms with Crippen molar-refractivity contribution in [2.24, 2.45) is 10.9 Å². The van der Waals surface area contributed by atoms with Gasteiger partial charge in [-0.25, -0.2) is 0 Å². The maximum atomic E-state index is 12.6. The second kappa shape index (κ2) is 12.5. The average Bonchev–Trinajstić information content (AvgIpc) is 2.77. The first-order chi connectivity index (χ1) is 14.5. The fourth-order valence-corrected chi connectivity index (χ4v) is 3.95. The van der Waals surface area contributed by atoms with Crippen molar-refractivity contribution in [2.75, 3.05) is 33.3 Å². The van der Waals surface area contributed by atoms with Gasteiger partial charge in [0.1, 0.15) is 12.4 Å². The third-order valence-corrected chi connectivity index (χ3v) is 5.90. The number of hydrogen-bond acceptors (Lipinski definition) is 3. The van der Waals surface area contributed by atoms with Gasteiger partial charge in [-0.05, 0) is 43.2 Å². The first-order valence-corrected chi connectivity index (χ1v) is 11.5. The van der Waals surface area contributed by atoms with Crippen molar-refractivity contribution in [1.82, 2.24) is 15.5 Å². The third-order valence-electron chi connectivity index (χ3n) is 5.90. The normalized spacial score (nSPS) is 15.6. The van der Waals surface area contributed by atoms with E-state index in [1.807, 2.05) is 17.0 Å². The number of carbonyl (C=O) groups is 1. The second-order valence-corrected chi connectivity index (χ2v) is 8.30. The number of rotatable bonds is 9. The van der Waals surface area contributed by atoms with Crippen LogP contribution in [0.4, 0.5) is 0 Å². The smallest absolute Gasteiger partial charge is 0.225 e. The Balaban J connectivity index is 1.73. The Morgan fingerprint density at radius 3 is 2.47 bits per heavy atom. The van der Waals surface area contributed by atoms with Crippen LogP contribution < -0.4 is 15.4 Å². The molecule has 0 bridgehead atoms. The molecule has 0 spiro atoms. The van der Waals surface area contributed by atoms with E-state index in [4.69, 9.17) is 4.74 Å². The molecule has 2 rings (SSSR count). The van der Waals surface area contributed by atoms with Gasteiger partial charge in [-0.15, -0.1) is 0 Å². The predicted octanol–water partition coefficient (Wildman–Crippen LogP) is 3.78. The Labute approximate surface area is 182 Å². The van der Waals surface area contributed by atoms with E-state index in [1.54, 1.807) is 7.05 Å². The molecule has 0 saturated carbocycles. The number of nitrogens with one attached hydrogen (secondary N) is 2. The van der Waals surface area contributed by atoms with Crippen LogP contribution in [0.3, 0.4) is 0 Å². The topological polar surface area (TPSA) is 66.0 Å². The lowest BCUT2D eigenvalue weighted by Gasteiger charge is -2.34. The molecule has 1 saturated heterocycles. The lowest BCUT2D eigenvalue weighted by Crippen LogP contribution is -2.51. The third kappa shape index (κ3) is 6.92. The lowest BCUT2D eigenvalue weighted by molar-refractivity contribution is -0.136. The summed E-state index contributed by atoms with van der Waals surface area (Å²) in [6.45, 7) is 11.4. The average molecular weight is 417 g/mol. The van der Waals surface area contributed by atoms with E-state index >= 15 is 0 Å². The van der Waals surface area contributed by atoms with Crippen molar-refractivity contribution in [3.05, 3.63) is 29.8 Å². The number of carbonyl (C=O) groups excluding carboxylic acids is 1. The molecule has 1 aliphatic rings. The maximum Gasteiger partial charge on any atom is 0.225 e. The minimum atomic E-state index is 0.171. The molecule has 0 radical (unpaired) electrons. The molecule has 1 fully saturated rings. The highest BCUT2D eigenvalue weighted by Gasteiger charge is 2.26. The van der Waals surface area contributed by atoms with Crippen LogP contribution in [-0.2, 0) is 4.79 Å². The van der Waals surface area contributed by atoms with E-state index in [0.717, 1.165) is 50.5 Å². The number of ether oxygens (including phenoxy) is 1. The first kappa shape index (κ1) is 24.0. The van der Waals surface area contributed by atoms with Gasteiger partial charge >= 0.3 is 0 Å². The van der Waals surface area contributed by atoms with Crippen LogP contribution in [0.1, 0.15) is 64.9 Å². The minimum Gasteiger partial charge on any atom is -0.491 e. The molecule has 168 valence electrons. The molecule has 1 amide bonds. The summed E-state index contributed by atoms with van der Waals surface area (Å²) < 4.78 is 5.98. The van der Waals surface area contributed by atoms with E-state index < -0.39 is 0 Å². The number of piperidine rings is 1. The minimum absolute atomic E-state index is 0.171. The summed E-state index contributed by atoms with van der Waals surface area (Å²) in [5.74, 6) is 2.67. The van der Waals surface area contributed by atoms with Gasteiger partial charge in [0, 0.05) is 32.1 Å². The molecule has 30 heavy (non-hydrogen) atoms. The number of amides is 1. The summed E-state index contributed by atoms with van der Waals surface area (Å²) in [4.78, 5) is 18.9. The Hall–Kier alpha value is -2.24. The number of hydrogen-bond donors (Lipinski definition) is 2. The van der Waals surface area contributed by atoms with Crippen LogP contribution in [0.15, 0.2) is 29.3 Å². The molecule has 1 aromatic carbocycles. The van der Waals surface area contributed by atoms with Crippen molar-refractivity contribution in [3.8, 4) is 5.75 Å². The molecule has 2 N–H and O–H groups in total. The molecular formula is C24H40N4O2. The highest BCUT2D eigenvalue weighted by atomic mass is 16.5. The molecule has 1 heterocycles. The molecule has 6 nitrogen and oxygen atoms in total. The predicted molar refractivity (Wildman–Crippen MR) is 124 cm³/mol. The molecule has 0 unspecified atom stereocenters. The lowest BCUT2D eigenvalue weighted by atomic mass is 9.98. The largest absolute Gasteiger partial charge is 0.491 e. The van der Waals surface area contributed by atoms with Crippen molar-refractivity contribution >= 4 is 11.9 Å². The Morgan fingerprint density at radius 1 is 1.20 bits per heavy atom. The summed E-state index contributed by atoms with van der Waals surface area (Å²) >= 11 is 0. The summed E-state index contributed by atoms with van der Waals surface area (Å²) in [6, 6.07) is 8.54. The van der Waals surface area contributed by atoms with E-state index in [9.17, 15) is 4.79 Å². The Kier molecular flexibility index (Phi) is 9.98. The number of para-hydroxylation sites is 1. The Morgan fingerprint density at radius 2 is 1.87 bits per heavy atom. The van der Waals surface area contributed by atoms with Gasteiger partial charge in [-0.1, -0.05) is 45.9 Å². The van der Waals surface area contributed by atoms with E-state index in [0.29, 0.717) is 31.0 Å². The van der Waals surface area contributed by atoms with Gasteiger partial charge in [0.25, 0.3) is 0 Å². The molecule has 1 aromatic rings. The fraction of sp³-hybridized carbons (Fsp3) is 0.667. The molecule has 0 aromatic heterocycles. The summed E-state index contributed by atoms with van der Waals surface area (Å²) in [5, 5.41) is 6.84. The quantitative estimate of drug-likeness (QED) is 0.365. The number of likely N-dealkylation sites (tertiary alicyclic amines) is 1. The van der Waals surface area contributed by atoms with Crippen molar-refractivity contribution in [3.63, 3.8) is 0 Å². The molecular weight excluding hydrogens is 376 g/mol. The number of nitrogens with zero attached hydrogens (tertiary/aromatic N) is 2. The summed E-state index contributed by atoms with van der Waals surface area (Å²) in [6.07, 6.45) is 3.75. The van der Waals surface area contributed by atoms with Gasteiger partial charge in [0.2, 0.25) is 5.91 Å². The standard InChI is InChI=1S/C24H40N4O2/c1-6-19(7-2)23(29)28-15-12-20(13-16-28)27-24(25-5)26-14-17-30-22-11-9-8-10-21(22)18(3)4/h8-11,18-20H,6-7,12-17H2,1-5H3,(H2,25,26,27). The summed E-state index contributed by atoms with van der Waals surface area (Å²) in [7, 11) is 1.79. The van der Waals surface area contributed by atoms with Crippen LogP contribution in [0.25, 0.3) is 0 Å². The maximum absolute atomic E-state index is 12.6. The molecule has 1 aliphatic heterocycles. The van der Waals surface area contributed by atoms with Crippen LogP contribution in [0.2, 0.25) is 0 Å². The van der Waals surface area contributed by atoms with Crippen molar-refractivity contribution in [2.45, 2.75) is 65.3 Å². The second-order valence-electron chi connectivity index (χ2n) is 8.30. The number of guanidine groups is 1. The zero-order valence-electron chi connectivity index (χ0n) is 19.4. The zero-order chi connectivity index (χ0) is 21.9. The van der Waals surface area contributed by atoms with Crippen LogP contribution >= 0.6 is 0 Å². The van der Waals surface area contributed by atoms with Gasteiger partial charge in [0.15, 0.2) is 5.96 Å². The van der Waals surface area contributed by atoms with Gasteiger partial charge in [-0.3, -0.25) is 9.79 Å². The van der Waals surface area contributed by atoms with Crippen molar-refractivity contribution in [1.29, 1.82) is 0 Å². The molecule has 0 atom stereocenters. The number of aliphatic imine (C=N–C) groups is 1. The van der Waals surface area contributed by atoms with Crippen LogP contribution in [0, 0.1) is 5.92 Å². The van der Waals surface area contributed by atoms with Gasteiger partial charge < -0.3 is 20.3 Å². The van der Waals surface area contributed by atoms with Crippen molar-refractivity contribution < 1.29 is 9.53 Å². The highest BCUT2D eigenvalue weighted by Crippen LogP contribution is 2.25. The highest BCUT2D eigenvalue weighted by molar-refractivity contribution is 5.80. The zero-order valence-corrected chi connectivity index (χ0v) is 19.4.